The van der Waals surface area contributed by atoms with Gasteiger partial charge in [-0.3, -0.25) is 14.4 Å². The highest BCUT2D eigenvalue weighted by Crippen LogP contribution is 2.37. The third-order valence-electron chi connectivity index (χ3n) is 7.10. The molecule has 2 aromatic carbocycles. The Balaban J connectivity index is 1.21. The zero-order valence-electron chi connectivity index (χ0n) is 19.4. The summed E-state index contributed by atoms with van der Waals surface area (Å²) < 4.78 is 5.11. The second-order valence-corrected chi connectivity index (χ2v) is 9.66. The third kappa shape index (κ3) is 4.54. The Morgan fingerprint density at radius 2 is 1.57 bits per heavy atom. The van der Waals surface area contributed by atoms with Crippen molar-refractivity contribution in [2.75, 3.05) is 51.3 Å². The molecule has 0 atom stereocenters. The van der Waals surface area contributed by atoms with Crippen molar-refractivity contribution in [1.82, 2.24) is 9.80 Å². The first-order valence-electron chi connectivity index (χ1n) is 11.9. The van der Waals surface area contributed by atoms with Gasteiger partial charge in [0.1, 0.15) is 11.0 Å². The van der Waals surface area contributed by atoms with Gasteiger partial charge in [0.2, 0.25) is 5.91 Å². The zero-order valence-corrected chi connectivity index (χ0v) is 19.4. The number of ether oxygens (including phenoxy) is 1. The van der Waals surface area contributed by atoms with Crippen molar-refractivity contribution >= 4 is 23.4 Å². The van der Waals surface area contributed by atoms with E-state index in [9.17, 15) is 24.6 Å². The monoisotopic (exact) mass is 479 g/mol. The molecule has 1 saturated carbocycles. The van der Waals surface area contributed by atoms with Gasteiger partial charge in [-0.05, 0) is 48.2 Å². The van der Waals surface area contributed by atoms with Crippen molar-refractivity contribution in [3.63, 3.8) is 0 Å². The van der Waals surface area contributed by atoms with Gasteiger partial charge >= 0.3 is 0 Å². The van der Waals surface area contributed by atoms with Crippen LogP contribution in [0.5, 0.6) is 0 Å². The van der Waals surface area contributed by atoms with E-state index in [1.807, 2.05) is 30.3 Å². The SMILES string of the molecule is O=C(c1ccc(-c2cccc(NC(=O)C3(CO)COC3)c2)cc1)N1CCN(C(=O)C2(O)CC2)CC1. The van der Waals surface area contributed by atoms with Gasteiger partial charge in [-0.15, -0.1) is 0 Å². The lowest BCUT2D eigenvalue weighted by Crippen LogP contribution is -2.54. The summed E-state index contributed by atoms with van der Waals surface area (Å²) in [7, 11) is 0. The quantitative estimate of drug-likeness (QED) is 0.571. The topological polar surface area (TPSA) is 119 Å². The zero-order chi connectivity index (χ0) is 24.6. The molecule has 5 rings (SSSR count). The van der Waals surface area contributed by atoms with Crippen LogP contribution >= 0.6 is 0 Å². The lowest BCUT2D eigenvalue weighted by Gasteiger charge is -2.38. The molecule has 2 heterocycles. The molecule has 0 aromatic heterocycles. The molecule has 2 aromatic rings. The molecule has 2 saturated heterocycles. The summed E-state index contributed by atoms with van der Waals surface area (Å²) in [5.74, 6) is -0.579. The van der Waals surface area contributed by atoms with E-state index in [0.717, 1.165) is 11.1 Å². The fourth-order valence-corrected chi connectivity index (χ4v) is 4.41. The molecular formula is C26H29N3O6. The lowest BCUT2D eigenvalue weighted by atomic mass is 9.86. The molecule has 9 heteroatoms. The van der Waals surface area contributed by atoms with Crippen LogP contribution in [0, 0.1) is 5.41 Å². The average Bonchev–Trinajstić information content (AvgIpc) is 3.61. The van der Waals surface area contributed by atoms with Crippen LogP contribution in [0.3, 0.4) is 0 Å². The minimum absolute atomic E-state index is 0.0909. The van der Waals surface area contributed by atoms with Gasteiger partial charge in [-0.2, -0.15) is 0 Å². The largest absolute Gasteiger partial charge is 0.395 e. The highest BCUT2D eigenvalue weighted by atomic mass is 16.5. The van der Waals surface area contributed by atoms with Crippen molar-refractivity contribution in [1.29, 1.82) is 0 Å². The van der Waals surface area contributed by atoms with Crippen LogP contribution in [0.2, 0.25) is 0 Å². The number of rotatable bonds is 6. The predicted octanol–water partition coefficient (Wildman–Crippen LogP) is 1.11. The number of piperazine rings is 1. The molecule has 3 aliphatic rings. The molecule has 1 aliphatic carbocycles. The van der Waals surface area contributed by atoms with Crippen molar-refractivity contribution < 1.29 is 29.3 Å². The highest BCUT2D eigenvalue weighted by Gasteiger charge is 2.50. The van der Waals surface area contributed by atoms with Crippen LogP contribution in [-0.2, 0) is 14.3 Å². The van der Waals surface area contributed by atoms with Gasteiger partial charge in [0.15, 0.2) is 0 Å². The van der Waals surface area contributed by atoms with Gasteiger partial charge < -0.3 is 30.1 Å². The van der Waals surface area contributed by atoms with Gasteiger partial charge in [-0.25, -0.2) is 0 Å². The average molecular weight is 480 g/mol. The number of nitrogens with one attached hydrogen (secondary N) is 1. The fraction of sp³-hybridized carbons (Fsp3) is 0.423. The number of aliphatic hydroxyl groups excluding tert-OH is 1. The summed E-state index contributed by atoms with van der Waals surface area (Å²) in [5.41, 5.74) is 0.913. The van der Waals surface area contributed by atoms with E-state index in [0.29, 0.717) is 50.3 Å². The van der Waals surface area contributed by atoms with Gasteiger partial charge in [0, 0.05) is 37.4 Å². The van der Waals surface area contributed by atoms with E-state index in [1.165, 1.54) is 0 Å². The number of aliphatic hydroxyl groups is 2. The number of anilines is 1. The fourth-order valence-electron chi connectivity index (χ4n) is 4.41. The van der Waals surface area contributed by atoms with Gasteiger partial charge in [0.25, 0.3) is 11.8 Å². The number of benzene rings is 2. The number of carbonyl (C=O) groups is 3. The van der Waals surface area contributed by atoms with Crippen LogP contribution in [0.15, 0.2) is 48.5 Å². The Hall–Kier alpha value is -3.27. The van der Waals surface area contributed by atoms with Crippen molar-refractivity contribution in [3.05, 3.63) is 54.1 Å². The van der Waals surface area contributed by atoms with Crippen LogP contribution in [0.1, 0.15) is 23.2 Å². The minimum Gasteiger partial charge on any atom is -0.395 e. The first-order chi connectivity index (χ1) is 16.8. The Labute approximate surface area is 203 Å². The maximum atomic E-state index is 13.0. The number of hydrogen-bond donors (Lipinski definition) is 3. The highest BCUT2D eigenvalue weighted by molar-refractivity contribution is 5.97. The van der Waals surface area contributed by atoms with Gasteiger partial charge in [-0.1, -0.05) is 24.3 Å². The van der Waals surface area contributed by atoms with Crippen molar-refractivity contribution in [2.24, 2.45) is 5.41 Å². The molecular weight excluding hydrogens is 450 g/mol. The van der Waals surface area contributed by atoms with Gasteiger partial charge in [0.05, 0.1) is 19.8 Å². The van der Waals surface area contributed by atoms with E-state index in [2.05, 4.69) is 5.32 Å². The Kier molecular flexibility index (Phi) is 6.08. The summed E-state index contributed by atoms with van der Waals surface area (Å²) in [6.45, 7) is 1.87. The number of amides is 3. The maximum Gasteiger partial charge on any atom is 0.254 e. The Morgan fingerprint density at radius 1 is 0.914 bits per heavy atom. The number of nitrogens with zero attached hydrogens (tertiary/aromatic N) is 2. The molecule has 3 N–H and O–H groups in total. The summed E-state index contributed by atoms with van der Waals surface area (Å²) in [6.07, 6.45) is 1.04. The summed E-state index contributed by atoms with van der Waals surface area (Å²) in [6, 6.07) is 14.7. The minimum atomic E-state index is -1.17. The standard InChI is InChI=1S/C26H29N3O6/c30-15-25(16-35-17-25)23(32)27-21-3-1-2-20(14-21)18-4-6-19(7-5-18)22(31)28-10-12-29(13-11-28)24(33)26(34)8-9-26/h1-7,14,30,34H,8-13,15-17H2,(H,27,32). The summed E-state index contributed by atoms with van der Waals surface area (Å²) >= 11 is 0. The molecule has 2 aliphatic heterocycles. The van der Waals surface area contributed by atoms with E-state index in [-0.39, 0.29) is 37.5 Å². The Morgan fingerprint density at radius 3 is 2.14 bits per heavy atom. The molecule has 0 unspecified atom stereocenters. The third-order valence-corrected chi connectivity index (χ3v) is 7.10. The summed E-state index contributed by atoms with van der Waals surface area (Å²) in [5, 5.41) is 22.5. The molecule has 0 radical (unpaired) electrons. The second kappa shape index (κ2) is 9.07. The number of hydrogen-bond acceptors (Lipinski definition) is 6. The molecule has 0 spiro atoms. The maximum absolute atomic E-state index is 13.0. The van der Waals surface area contributed by atoms with E-state index < -0.39 is 11.0 Å². The Bertz CT molecular complexity index is 1130. The first-order valence-corrected chi connectivity index (χ1v) is 11.9. The molecule has 184 valence electrons. The van der Waals surface area contributed by atoms with E-state index in [4.69, 9.17) is 4.74 Å². The van der Waals surface area contributed by atoms with E-state index >= 15 is 0 Å². The van der Waals surface area contributed by atoms with Crippen molar-refractivity contribution in [2.45, 2.75) is 18.4 Å². The molecule has 3 fully saturated rings. The smallest absolute Gasteiger partial charge is 0.254 e. The number of carbonyl (C=O) groups excluding carboxylic acids is 3. The first kappa shape index (κ1) is 23.5. The van der Waals surface area contributed by atoms with Crippen LogP contribution in [-0.4, -0.2) is 89.3 Å². The molecule has 0 bridgehead atoms. The molecule has 9 nitrogen and oxygen atoms in total. The van der Waals surface area contributed by atoms with Crippen LogP contribution in [0.25, 0.3) is 11.1 Å². The lowest BCUT2D eigenvalue weighted by molar-refractivity contribution is -0.164. The van der Waals surface area contributed by atoms with Crippen LogP contribution < -0.4 is 5.32 Å². The summed E-state index contributed by atoms with van der Waals surface area (Å²) in [4.78, 5) is 41.2. The second-order valence-electron chi connectivity index (χ2n) is 9.66. The van der Waals surface area contributed by atoms with Crippen LogP contribution in [0.4, 0.5) is 5.69 Å². The normalized spacial score (nSPS) is 20.1. The predicted molar refractivity (Wildman–Crippen MR) is 128 cm³/mol. The molecule has 35 heavy (non-hydrogen) atoms. The molecule has 3 amide bonds. The van der Waals surface area contributed by atoms with E-state index in [1.54, 1.807) is 28.0 Å². The van der Waals surface area contributed by atoms with Crippen molar-refractivity contribution in [3.8, 4) is 11.1 Å².